The lowest BCUT2D eigenvalue weighted by Gasteiger charge is -2.12. The molecule has 0 unspecified atom stereocenters. The minimum Gasteiger partial charge on any atom is -0.384 e. The number of halogens is 3. The van der Waals surface area contributed by atoms with Gasteiger partial charge in [0, 0.05) is 15.4 Å². The monoisotopic (exact) mass is 296 g/mol. The highest BCUT2D eigenvalue weighted by molar-refractivity contribution is 7.99. The number of nitrogens with two attached hydrogens (primary N) is 1. The number of hydrogen-bond acceptors (Lipinski definition) is 2. The molecule has 0 aliphatic carbocycles. The molecule has 0 aliphatic rings. The van der Waals surface area contributed by atoms with Crippen LogP contribution in [0.5, 0.6) is 0 Å². The smallest absolute Gasteiger partial charge is 0.384 e. The summed E-state index contributed by atoms with van der Waals surface area (Å²) >= 11 is 1.27. The standard InChI is InChI=1S/C14H11F3N2S/c15-14(16,17)9-6-7-12(11(8-9)13(18)19)20-10-4-2-1-3-5-10/h1-8H,(H3,18,19). The molecule has 0 spiro atoms. The third-order valence-electron chi connectivity index (χ3n) is 2.57. The molecule has 0 saturated carbocycles. The SMILES string of the molecule is N=C(N)c1cc(C(F)(F)F)ccc1Sc1ccccc1. The van der Waals surface area contributed by atoms with E-state index in [0.29, 0.717) is 4.90 Å². The van der Waals surface area contributed by atoms with Crippen LogP contribution in [0.4, 0.5) is 13.2 Å². The average molecular weight is 296 g/mol. The molecule has 0 atom stereocenters. The van der Waals surface area contributed by atoms with Crippen LogP contribution in [0.3, 0.4) is 0 Å². The quantitative estimate of drug-likeness (QED) is 0.660. The Balaban J connectivity index is 2.41. The Kier molecular flexibility index (Phi) is 4.04. The maximum atomic E-state index is 12.7. The molecule has 6 heteroatoms. The van der Waals surface area contributed by atoms with Crippen LogP contribution in [0.15, 0.2) is 58.3 Å². The van der Waals surface area contributed by atoms with E-state index in [0.717, 1.165) is 17.0 Å². The largest absolute Gasteiger partial charge is 0.416 e. The van der Waals surface area contributed by atoms with Gasteiger partial charge in [-0.1, -0.05) is 30.0 Å². The van der Waals surface area contributed by atoms with E-state index in [4.69, 9.17) is 11.1 Å². The van der Waals surface area contributed by atoms with Gasteiger partial charge in [-0.25, -0.2) is 0 Å². The van der Waals surface area contributed by atoms with Gasteiger partial charge in [-0.05, 0) is 30.3 Å². The Hall–Kier alpha value is -1.95. The first-order chi connectivity index (χ1) is 9.38. The van der Waals surface area contributed by atoms with Crippen LogP contribution in [-0.4, -0.2) is 5.84 Å². The van der Waals surface area contributed by atoms with E-state index in [1.54, 1.807) is 0 Å². The normalized spacial score (nSPS) is 11.3. The summed E-state index contributed by atoms with van der Waals surface area (Å²) in [5, 5.41) is 7.44. The summed E-state index contributed by atoms with van der Waals surface area (Å²) < 4.78 is 38.0. The van der Waals surface area contributed by atoms with Gasteiger partial charge in [-0.15, -0.1) is 0 Å². The fourth-order valence-corrected chi connectivity index (χ4v) is 2.58. The van der Waals surface area contributed by atoms with Crippen LogP contribution in [-0.2, 0) is 6.18 Å². The zero-order chi connectivity index (χ0) is 14.8. The van der Waals surface area contributed by atoms with E-state index < -0.39 is 11.7 Å². The Labute approximate surface area is 118 Å². The molecule has 0 bridgehead atoms. The third kappa shape index (κ3) is 3.33. The summed E-state index contributed by atoms with van der Waals surface area (Å²) in [6.07, 6.45) is -4.44. The molecule has 104 valence electrons. The highest BCUT2D eigenvalue weighted by Crippen LogP contribution is 2.35. The van der Waals surface area contributed by atoms with Crippen LogP contribution in [0.1, 0.15) is 11.1 Å². The van der Waals surface area contributed by atoms with Crippen molar-refractivity contribution in [1.29, 1.82) is 5.41 Å². The molecule has 2 nitrogen and oxygen atoms in total. The summed E-state index contributed by atoms with van der Waals surface area (Å²) in [4.78, 5) is 1.39. The summed E-state index contributed by atoms with van der Waals surface area (Å²) in [5.41, 5.74) is 4.67. The van der Waals surface area contributed by atoms with Gasteiger partial charge in [0.25, 0.3) is 0 Å². The molecule has 2 aromatic rings. The summed E-state index contributed by atoms with van der Waals surface area (Å²) in [5.74, 6) is -0.380. The summed E-state index contributed by atoms with van der Waals surface area (Å²) in [6.45, 7) is 0. The number of rotatable bonds is 3. The molecule has 3 N–H and O–H groups in total. The molecule has 0 heterocycles. The number of nitrogen functional groups attached to an aromatic ring is 1. The predicted molar refractivity (Wildman–Crippen MR) is 73.0 cm³/mol. The van der Waals surface area contributed by atoms with Crippen LogP contribution in [0.25, 0.3) is 0 Å². The highest BCUT2D eigenvalue weighted by Gasteiger charge is 2.31. The van der Waals surface area contributed by atoms with Gasteiger partial charge in [0.05, 0.1) is 5.56 Å². The lowest BCUT2D eigenvalue weighted by atomic mass is 10.1. The minimum atomic E-state index is -4.44. The van der Waals surface area contributed by atoms with Crippen molar-refractivity contribution in [3.63, 3.8) is 0 Å². The molecule has 0 saturated heterocycles. The lowest BCUT2D eigenvalue weighted by molar-refractivity contribution is -0.137. The molecule has 0 fully saturated rings. The van der Waals surface area contributed by atoms with Crippen LogP contribution in [0, 0.1) is 5.41 Å². The first-order valence-corrected chi connectivity index (χ1v) is 6.48. The fraction of sp³-hybridized carbons (Fsp3) is 0.0714. The van der Waals surface area contributed by atoms with Gasteiger partial charge in [0.1, 0.15) is 5.84 Å². The number of nitrogens with one attached hydrogen (secondary N) is 1. The van der Waals surface area contributed by atoms with E-state index >= 15 is 0 Å². The second kappa shape index (κ2) is 5.58. The minimum absolute atomic E-state index is 0.0914. The maximum absolute atomic E-state index is 12.7. The summed E-state index contributed by atoms with van der Waals surface area (Å²) in [7, 11) is 0. The topological polar surface area (TPSA) is 49.9 Å². The van der Waals surface area contributed by atoms with Gasteiger partial charge >= 0.3 is 6.18 Å². The van der Waals surface area contributed by atoms with E-state index in [1.807, 2.05) is 30.3 Å². The number of alkyl halides is 3. The predicted octanol–water partition coefficient (Wildman–Crippen LogP) is 4.14. The van der Waals surface area contributed by atoms with E-state index in [9.17, 15) is 13.2 Å². The van der Waals surface area contributed by atoms with Crippen molar-refractivity contribution in [2.75, 3.05) is 0 Å². The zero-order valence-corrected chi connectivity index (χ0v) is 11.1. The molecular weight excluding hydrogens is 285 g/mol. The second-order valence-electron chi connectivity index (χ2n) is 4.04. The van der Waals surface area contributed by atoms with Gasteiger partial charge in [0.15, 0.2) is 0 Å². The number of benzene rings is 2. The van der Waals surface area contributed by atoms with Crippen LogP contribution < -0.4 is 5.73 Å². The van der Waals surface area contributed by atoms with Crippen molar-refractivity contribution in [2.24, 2.45) is 5.73 Å². The second-order valence-corrected chi connectivity index (χ2v) is 5.15. The Bertz CT molecular complexity index is 624. The fourth-order valence-electron chi connectivity index (χ4n) is 1.62. The lowest BCUT2D eigenvalue weighted by Crippen LogP contribution is -2.14. The van der Waals surface area contributed by atoms with Crippen LogP contribution in [0.2, 0.25) is 0 Å². The molecule has 2 aromatic carbocycles. The van der Waals surface area contributed by atoms with Gasteiger partial charge in [-0.2, -0.15) is 13.2 Å². The van der Waals surface area contributed by atoms with Crippen molar-refractivity contribution in [3.05, 3.63) is 59.7 Å². The molecule has 0 amide bonds. The molecule has 20 heavy (non-hydrogen) atoms. The zero-order valence-electron chi connectivity index (χ0n) is 10.2. The van der Waals surface area contributed by atoms with Crippen molar-refractivity contribution < 1.29 is 13.2 Å². The molecular formula is C14H11F3N2S. The summed E-state index contributed by atoms with van der Waals surface area (Å²) in [6, 6.07) is 12.4. The Morgan fingerprint density at radius 1 is 1.05 bits per heavy atom. The van der Waals surface area contributed by atoms with Crippen LogP contribution >= 0.6 is 11.8 Å². The molecule has 2 rings (SSSR count). The van der Waals surface area contributed by atoms with Gasteiger partial charge in [-0.3, -0.25) is 5.41 Å². The van der Waals surface area contributed by atoms with Crippen molar-refractivity contribution in [1.82, 2.24) is 0 Å². The van der Waals surface area contributed by atoms with Crippen molar-refractivity contribution in [2.45, 2.75) is 16.0 Å². The maximum Gasteiger partial charge on any atom is 0.416 e. The van der Waals surface area contributed by atoms with Crippen molar-refractivity contribution in [3.8, 4) is 0 Å². The average Bonchev–Trinajstić information content (AvgIpc) is 2.38. The Morgan fingerprint density at radius 2 is 1.70 bits per heavy atom. The third-order valence-corrected chi connectivity index (χ3v) is 3.65. The van der Waals surface area contributed by atoms with Gasteiger partial charge < -0.3 is 5.73 Å². The van der Waals surface area contributed by atoms with E-state index in [1.165, 1.54) is 17.8 Å². The number of amidine groups is 1. The van der Waals surface area contributed by atoms with E-state index in [-0.39, 0.29) is 11.4 Å². The Morgan fingerprint density at radius 3 is 2.25 bits per heavy atom. The highest BCUT2D eigenvalue weighted by atomic mass is 32.2. The number of hydrogen-bond donors (Lipinski definition) is 2. The van der Waals surface area contributed by atoms with Crippen molar-refractivity contribution >= 4 is 17.6 Å². The molecule has 0 radical (unpaired) electrons. The van der Waals surface area contributed by atoms with Gasteiger partial charge in [0.2, 0.25) is 0 Å². The first-order valence-electron chi connectivity index (χ1n) is 5.66. The molecule has 0 aromatic heterocycles. The first kappa shape index (κ1) is 14.5. The van der Waals surface area contributed by atoms with E-state index in [2.05, 4.69) is 0 Å². The molecule has 0 aliphatic heterocycles.